The number of aliphatic hydroxyl groups is 1. The number of nitrogens with one attached hydrogen (secondary N) is 1. The molecule has 2 heterocycles. The zero-order valence-electron chi connectivity index (χ0n) is 15.1. The third-order valence-corrected chi connectivity index (χ3v) is 6.52. The van der Waals surface area contributed by atoms with Crippen LogP contribution in [0, 0.1) is 0 Å². The Morgan fingerprint density at radius 2 is 1.93 bits per heavy atom. The molecule has 0 bridgehead atoms. The maximum absolute atomic E-state index is 13.0. The molecule has 5 heteroatoms. The minimum absolute atomic E-state index is 0.0358. The molecule has 0 radical (unpaired) electrons. The average Bonchev–Trinajstić information content (AvgIpc) is 3.47. The van der Waals surface area contributed by atoms with Crippen LogP contribution in [0.15, 0.2) is 64.6 Å². The summed E-state index contributed by atoms with van der Waals surface area (Å²) in [5, 5.41) is 15.5. The lowest BCUT2D eigenvalue weighted by atomic mass is 9.83. The smallest absolute Gasteiger partial charge is 0.231 e. The summed E-state index contributed by atoms with van der Waals surface area (Å²) in [5.74, 6) is 0.831. The van der Waals surface area contributed by atoms with Gasteiger partial charge in [-0.3, -0.25) is 4.79 Å². The standard InChI is InChI=1S/C22H23NO3S/c24-18(16-7-9-17(10-8-16)19-5-3-13-26-19)15-23-21(25)22(11-1-2-12-22)20-6-4-14-27-20/h3-10,13-14,18,24H,1-2,11-12,15H2,(H,23,25). The Labute approximate surface area is 162 Å². The van der Waals surface area contributed by atoms with E-state index in [0.717, 1.165) is 47.4 Å². The molecular weight excluding hydrogens is 358 g/mol. The van der Waals surface area contributed by atoms with Gasteiger partial charge in [-0.2, -0.15) is 0 Å². The third-order valence-electron chi connectivity index (χ3n) is 5.44. The van der Waals surface area contributed by atoms with Crippen LogP contribution in [0.2, 0.25) is 0 Å². The number of furan rings is 1. The molecule has 2 aromatic heterocycles. The SMILES string of the molecule is O=C(NCC(O)c1ccc(-c2ccco2)cc1)C1(c2cccs2)CCCC1. The predicted molar refractivity (Wildman–Crippen MR) is 107 cm³/mol. The van der Waals surface area contributed by atoms with E-state index >= 15 is 0 Å². The molecule has 4 nitrogen and oxygen atoms in total. The van der Waals surface area contributed by atoms with Gasteiger partial charge >= 0.3 is 0 Å². The zero-order valence-corrected chi connectivity index (χ0v) is 15.9. The topological polar surface area (TPSA) is 62.5 Å². The molecule has 4 rings (SSSR count). The summed E-state index contributed by atoms with van der Waals surface area (Å²) >= 11 is 1.65. The van der Waals surface area contributed by atoms with Crippen LogP contribution < -0.4 is 5.32 Å². The lowest BCUT2D eigenvalue weighted by Gasteiger charge is -2.27. The third kappa shape index (κ3) is 3.57. The molecule has 2 N–H and O–H groups in total. The fourth-order valence-electron chi connectivity index (χ4n) is 3.90. The minimum atomic E-state index is -0.735. The molecule has 140 valence electrons. The van der Waals surface area contributed by atoms with Gasteiger partial charge in [-0.15, -0.1) is 11.3 Å². The summed E-state index contributed by atoms with van der Waals surface area (Å²) in [7, 11) is 0. The molecule has 3 aromatic rings. The van der Waals surface area contributed by atoms with Crippen molar-refractivity contribution in [3.05, 3.63) is 70.6 Å². The number of hydrogen-bond acceptors (Lipinski definition) is 4. The number of thiophene rings is 1. The van der Waals surface area contributed by atoms with Crippen molar-refractivity contribution in [3.63, 3.8) is 0 Å². The van der Waals surface area contributed by atoms with E-state index in [9.17, 15) is 9.90 Å². The van der Waals surface area contributed by atoms with Gasteiger partial charge in [0, 0.05) is 17.0 Å². The monoisotopic (exact) mass is 381 g/mol. The van der Waals surface area contributed by atoms with Crippen LogP contribution in [0.4, 0.5) is 0 Å². The molecule has 0 saturated heterocycles. The molecule has 1 unspecified atom stereocenters. The highest BCUT2D eigenvalue weighted by atomic mass is 32.1. The van der Waals surface area contributed by atoms with Gasteiger partial charge in [-0.1, -0.05) is 43.2 Å². The number of carbonyl (C=O) groups is 1. The first-order valence-electron chi connectivity index (χ1n) is 9.33. The van der Waals surface area contributed by atoms with Gasteiger partial charge in [0.05, 0.1) is 17.8 Å². The van der Waals surface area contributed by atoms with Crippen LogP contribution in [0.25, 0.3) is 11.3 Å². The average molecular weight is 381 g/mol. The summed E-state index contributed by atoms with van der Waals surface area (Å²) in [6, 6.07) is 15.4. The lowest BCUT2D eigenvalue weighted by molar-refractivity contribution is -0.127. The van der Waals surface area contributed by atoms with Crippen LogP contribution in [0.1, 0.15) is 42.2 Å². The highest BCUT2D eigenvalue weighted by Crippen LogP contribution is 2.43. The number of benzene rings is 1. The second-order valence-electron chi connectivity index (χ2n) is 7.09. The van der Waals surface area contributed by atoms with Crippen molar-refractivity contribution < 1.29 is 14.3 Å². The van der Waals surface area contributed by atoms with Gasteiger partial charge in [0.2, 0.25) is 5.91 Å². The van der Waals surface area contributed by atoms with E-state index < -0.39 is 11.5 Å². The number of amides is 1. The molecule has 1 saturated carbocycles. The maximum atomic E-state index is 13.0. The molecule has 1 amide bonds. The van der Waals surface area contributed by atoms with Crippen molar-refractivity contribution in [1.29, 1.82) is 0 Å². The van der Waals surface area contributed by atoms with E-state index in [2.05, 4.69) is 11.4 Å². The predicted octanol–water partition coefficient (Wildman–Crippen LogP) is 4.67. The highest BCUT2D eigenvalue weighted by molar-refractivity contribution is 7.10. The van der Waals surface area contributed by atoms with Crippen LogP contribution in [-0.2, 0) is 10.2 Å². The van der Waals surface area contributed by atoms with Crippen LogP contribution in [0.5, 0.6) is 0 Å². The minimum Gasteiger partial charge on any atom is -0.464 e. The Bertz CT molecular complexity index is 863. The molecular formula is C22H23NO3S. The molecule has 1 atom stereocenters. The second-order valence-corrected chi connectivity index (χ2v) is 8.04. The Morgan fingerprint density at radius 1 is 1.15 bits per heavy atom. The normalized spacial score (nSPS) is 16.9. The maximum Gasteiger partial charge on any atom is 0.231 e. The first-order chi connectivity index (χ1) is 13.2. The van der Waals surface area contributed by atoms with E-state index in [-0.39, 0.29) is 12.5 Å². The van der Waals surface area contributed by atoms with Crippen molar-refractivity contribution in [2.24, 2.45) is 0 Å². The van der Waals surface area contributed by atoms with Crippen molar-refractivity contribution in [2.45, 2.75) is 37.2 Å². The fraction of sp³-hybridized carbons (Fsp3) is 0.318. The van der Waals surface area contributed by atoms with E-state index in [4.69, 9.17) is 4.42 Å². The fourth-order valence-corrected chi connectivity index (χ4v) is 4.89. The first kappa shape index (κ1) is 18.0. The quantitative estimate of drug-likeness (QED) is 0.652. The van der Waals surface area contributed by atoms with Gasteiger partial charge < -0.3 is 14.8 Å². The number of carbonyl (C=O) groups excluding carboxylic acids is 1. The molecule has 1 aliphatic carbocycles. The van der Waals surface area contributed by atoms with Gasteiger partial charge in [0.25, 0.3) is 0 Å². The van der Waals surface area contributed by atoms with E-state index in [0.29, 0.717) is 0 Å². The first-order valence-corrected chi connectivity index (χ1v) is 10.2. The van der Waals surface area contributed by atoms with Gasteiger partial charge in [0.1, 0.15) is 5.76 Å². The van der Waals surface area contributed by atoms with Crippen LogP contribution in [0.3, 0.4) is 0 Å². The number of hydrogen-bond donors (Lipinski definition) is 2. The van der Waals surface area contributed by atoms with E-state index in [1.54, 1.807) is 17.6 Å². The number of aliphatic hydroxyl groups excluding tert-OH is 1. The van der Waals surface area contributed by atoms with Gasteiger partial charge in [0.15, 0.2) is 0 Å². The lowest BCUT2D eigenvalue weighted by Crippen LogP contribution is -2.43. The summed E-state index contributed by atoms with van der Waals surface area (Å²) in [5.41, 5.74) is 1.32. The van der Waals surface area contributed by atoms with Crippen LogP contribution in [-0.4, -0.2) is 17.6 Å². The molecule has 0 aliphatic heterocycles. The highest BCUT2D eigenvalue weighted by Gasteiger charge is 2.43. The molecule has 1 aromatic carbocycles. The zero-order chi connectivity index (χ0) is 18.7. The number of rotatable bonds is 6. The summed E-state index contributed by atoms with van der Waals surface area (Å²) in [6.07, 6.45) is 4.81. The van der Waals surface area contributed by atoms with Gasteiger partial charge in [-0.05, 0) is 42.0 Å². The van der Waals surface area contributed by atoms with Crippen molar-refractivity contribution in [1.82, 2.24) is 5.32 Å². The van der Waals surface area contributed by atoms with Crippen molar-refractivity contribution >= 4 is 17.2 Å². The Balaban J connectivity index is 1.41. The van der Waals surface area contributed by atoms with E-state index in [1.807, 2.05) is 47.8 Å². The largest absolute Gasteiger partial charge is 0.464 e. The molecule has 1 aliphatic rings. The molecule has 1 fully saturated rings. The van der Waals surface area contributed by atoms with Crippen molar-refractivity contribution in [2.75, 3.05) is 6.54 Å². The second kappa shape index (κ2) is 7.71. The Hall–Kier alpha value is -2.37. The molecule has 27 heavy (non-hydrogen) atoms. The summed E-state index contributed by atoms with van der Waals surface area (Å²) < 4.78 is 5.38. The summed E-state index contributed by atoms with van der Waals surface area (Å²) in [4.78, 5) is 14.1. The summed E-state index contributed by atoms with van der Waals surface area (Å²) in [6.45, 7) is 0.214. The van der Waals surface area contributed by atoms with Crippen molar-refractivity contribution in [3.8, 4) is 11.3 Å². The Kier molecular flexibility index (Phi) is 5.14. The van der Waals surface area contributed by atoms with E-state index in [1.165, 1.54) is 0 Å². The van der Waals surface area contributed by atoms with Crippen LogP contribution >= 0.6 is 11.3 Å². The Morgan fingerprint density at radius 3 is 2.56 bits per heavy atom. The molecule has 0 spiro atoms. The van der Waals surface area contributed by atoms with Gasteiger partial charge in [-0.25, -0.2) is 0 Å².